The van der Waals surface area contributed by atoms with Gasteiger partial charge in [-0.15, -0.1) is 0 Å². The molecule has 1 atom stereocenters. The smallest absolute Gasteiger partial charge is 0.186 e. The van der Waals surface area contributed by atoms with Crippen LogP contribution in [-0.2, 0) is 9.59 Å². The predicted octanol–water partition coefficient (Wildman–Crippen LogP) is 1.54. The number of aromatic nitrogens is 1. The first-order chi connectivity index (χ1) is 7.65. The van der Waals surface area contributed by atoms with Gasteiger partial charge in [0.2, 0.25) is 0 Å². The van der Waals surface area contributed by atoms with Crippen molar-refractivity contribution in [3.05, 3.63) is 30.1 Å². The lowest BCUT2D eigenvalue weighted by atomic mass is 10.0. The van der Waals surface area contributed by atoms with E-state index in [-0.39, 0.29) is 16.7 Å². The lowest BCUT2D eigenvalue weighted by molar-refractivity contribution is -0.117. The zero-order valence-electron chi connectivity index (χ0n) is 8.71. The number of thioether (sulfide) groups is 1. The van der Waals surface area contributed by atoms with Gasteiger partial charge in [0.15, 0.2) is 10.9 Å². The highest BCUT2D eigenvalue weighted by Crippen LogP contribution is 2.16. The molecule has 82 valence electrons. The van der Waals surface area contributed by atoms with Crippen LogP contribution in [0.4, 0.5) is 0 Å². The molecule has 1 heterocycles. The molecule has 5 heteroatoms. The summed E-state index contributed by atoms with van der Waals surface area (Å²) < 4.78 is 0. The quantitative estimate of drug-likeness (QED) is 0.790. The molecule has 1 aromatic heterocycles. The second kappa shape index (κ2) is 6.03. The highest BCUT2D eigenvalue weighted by Gasteiger charge is 2.21. The lowest BCUT2D eigenvalue weighted by Crippen LogP contribution is -2.15. The summed E-state index contributed by atoms with van der Waals surface area (Å²) in [7, 11) is 0. The lowest BCUT2D eigenvalue weighted by Gasteiger charge is -2.05. The Kier molecular flexibility index (Phi) is 4.67. The Morgan fingerprint density at radius 1 is 1.56 bits per heavy atom. The van der Waals surface area contributed by atoms with Gasteiger partial charge in [-0.2, -0.15) is 5.26 Å². The van der Waals surface area contributed by atoms with Crippen LogP contribution < -0.4 is 0 Å². The van der Waals surface area contributed by atoms with Gasteiger partial charge in [-0.3, -0.25) is 14.6 Å². The van der Waals surface area contributed by atoms with Crippen molar-refractivity contribution >= 4 is 22.7 Å². The zero-order valence-corrected chi connectivity index (χ0v) is 9.53. The van der Waals surface area contributed by atoms with Crippen LogP contribution in [0.2, 0.25) is 0 Å². The largest absolute Gasteiger partial charge is 0.297 e. The molecule has 0 saturated carbocycles. The summed E-state index contributed by atoms with van der Waals surface area (Å²) in [6.45, 7) is 1.39. The molecule has 0 bridgehead atoms. The normalized spacial score (nSPS) is 11.5. The van der Waals surface area contributed by atoms with Gasteiger partial charge in [0, 0.05) is 13.1 Å². The molecular formula is C11H10N2O2S. The van der Waals surface area contributed by atoms with E-state index in [1.54, 1.807) is 18.2 Å². The minimum Gasteiger partial charge on any atom is -0.297 e. The van der Waals surface area contributed by atoms with Crippen LogP contribution in [0.5, 0.6) is 0 Å². The predicted molar refractivity (Wildman–Crippen MR) is 60.7 cm³/mol. The summed E-state index contributed by atoms with van der Waals surface area (Å²) in [4.78, 5) is 26.3. The van der Waals surface area contributed by atoms with Crippen molar-refractivity contribution in [3.8, 4) is 6.07 Å². The molecule has 0 amide bonds. The maximum Gasteiger partial charge on any atom is 0.186 e. The minimum absolute atomic E-state index is 0.0180. The van der Waals surface area contributed by atoms with Crippen molar-refractivity contribution in [2.45, 2.75) is 12.8 Å². The van der Waals surface area contributed by atoms with Crippen molar-refractivity contribution in [2.24, 2.45) is 0 Å². The summed E-state index contributed by atoms with van der Waals surface area (Å²) in [5.41, 5.74) is 0.430. The van der Waals surface area contributed by atoms with E-state index in [0.717, 1.165) is 11.8 Å². The van der Waals surface area contributed by atoms with Gasteiger partial charge < -0.3 is 0 Å². The molecule has 1 aromatic rings. The van der Waals surface area contributed by atoms with Gasteiger partial charge in [-0.05, 0) is 12.1 Å². The fourth-order valence-electron chi connectivity index (χ4n) is 1.11. The second-order valence-electron chi connectivity index (χ2n) is 3.06. The fraction of sp³-hybridized carbons (Fsp3) is 0.273. The van der Waals surface area contributed by atoms with E-state index in [2.05, 4.69) is 4.98 Å². The van der Waals surface area contributed by atoms with Crippen molar-refractivity contribution in [2.75, 3.05) is 5.75 Å². The molecule has 0 aromatic carbocycles. The molecule has 0 unspecified atom stereocenters. The molecule has 1 rings (SSSR count). The average Bonchev–Trinajstić information content (AvgIpc) is 2.29. The molecule has 0 fully saturated rings. The fourth-order valence-corrected chi connectivity index (χ4v) is 1.62. The minimum atomic E-state index is -0.881. The number of hydrogen-bond acceptors (Lipinski definition) is 5. The zero-order chi connectivity index (χ0) is 12.0. The van der Waals surface area contributed by atoms with E-state index in [4.69, 9.17) is 5.26 Å². The molecule has 0 saturated heterocycles. The van der Waals surface area contributed by atoms with Gasteiger partial charge in [0.1, 0.15) is 5.92 Å². The van der Waals surface area contributed by atoms with Crippen molar-refractivity contribution < 1.29 is 9.59 Å². The van der Waals surface area contributed by atoms with Crippen LogP contribution >= 0.6 is 11.8 Å². The Labute approximate surface area is 97.7 Å². The number of rotatable bonds is 4. The topological polar surface area (TPSA) is 70.8 Å². The first-order valence-electron chi connectivity index (χ1n) is 4.61. The number of nitriles is 1. The third-order valence-electron chi connectivity index (χ3n) is 1.85. The van der Waals surface area contributed by atoms with Crippen molar-refractivity contribution in [1.29, 1.82) is 5.26 Å². The first-order valence-corrected chi connectivity index (χ1v) is 5.60. The summed E-state index contributed by atoms with van der Waals surface area (Å²) in [5.74, 6) is -1.15. The molecule has 0 aliphatic rings. The number of carbonyl (C=O) groups is 2. The molecule has 16 heavy (non-hydrogen) atoms. The SMILES string of the molecule is CC(=O)SCC(=O)[C@H](C#N)c1ccccn1. The van der Waals surface area contributed by atoms with Crippen LogP contribution in [-0.4, -0.2) is 21.6 Å². The maximum atomic E-state index is 11.6. The van der Waals surface area contributed by atoms with E-state index in [9.17, 15) is 9.59 Å². The number of carbonyl (C=O) groups excluding carboxylic acids is 2. The van der Waals surface area contributed by atoms with Crippen LogP contribution in [0, 0.1) is 11.3 Å². The van der Waals surface area contributed by atoms with Crippen molar-refractivity contribution in [1.82, 2.24) is 4.98 Å². The average molecular weight is 234 g/mol. The third kappa shape index (κ3) is 3.48. The van der Waals surface area contributed by atoms with E-state index < -0.39 is 5.92 Å². The third-order valence-corrected chi connectivity index (χ3v) is 2.69. The number of nitrogens with zero attached hydrogens (tertiary/aromatic N) is 2. The summed E-state index contributed by atoms with van der Waals surface area (Å²) in [5, 5.41) is 8.78. The van der Waals surface area contributed by atoms with E-state index in [0.29, 0.717) is 5.69 Å². The van der Waals surface area contributed by atoms with Gasteiger partial charge >= 0.3 is 0 Å². The maximum absolute atomic E-state index is 11.6. The number of hydrogen-bond donors (Lipinski definition) is 0. The van der Waals surface area contributed by atoms with E-state index in [1.807, 2.05) is 6.07 Å². The Hall–Kier alpha value is -1.67. The Balaban J connectivity index is 2.73. The Morgan fingerprint density at radius 2 is 2.31 bits per heavy atom. The summed E-state index contributed by atoms with van der Waals surface area (Å²) >= 11 is 0.910. The molecular weight excluding hydrogens is 224 g/mol. The van der Waals surface area contributed by atoms with E-state index >= 15 is 0 Å². The standard InChI is InChI=1S/C11H10N2O2S/c1-8(14)16-7-11(15)9(6-12)10-4-2-3-5-13-10/h2-5,9H,7H2,1H3/t9-/m1/s1. The van der Waals surface area contributed by atoms with Crippen LogP contribution in [0.3, 0.4) is 0 Å². The van der Waals surface area contributed by atoms with Crippen LogP contribution in [0.15, 0.2) is 24.4 Å². The van der Waals surface area contributed by atoms with Crippen molar-refractivity contribution in [3.63, 3.8) is 0 Å². The highest BCUT2D eigenvalue weighted by molar-refractivity contribution is 8.14. The monoisotopic (exact) mass is 234 g/mol. The second-order valence-corrected chi connectivity index (χ2v) is 4.22. The van der Waals surface area contributed by atoms with Crippen LogP contribution in [0.1, 0.15) is 18.5 Å². The molecule has 0 spiro atoms. The van der Waals surface area contributed by atoms with Gasteiger partial charge in [-0.1, -0.05) is 17.8 Å². The highest BCUT2D eigenvalue weighted by atomic mass is 32.2. The molecule has 4 nitrogen and oxygen atoms in total. The molecule has 0 N–H and O–H groups in total. The Bertz CT molecular complexity index is 425. The Morgan fingerprint density at radius 3 is 2.81 bits per heavy atom. The van der Waals surface area contributed by atoms with Gasteiger partial charge in [0.25, 0.3) is 0 Å². The van der Waals surface area contributed by atoms with Gasteiger partial charge in [0.05, 0.1) is 17.5 Å². The van der Waals surface area contributed by atoms with Gasteiger partial charge in [-0.25, -0.2) is 0 Å². The number of Topliss-reactive ketones (excluding diaryl/α,β-unsaturated/α-hetero) is 1. The number of ketones is 1. The van der Waals surface area contributed by atoms with E-state index in [1.165, 1.54) is 13.1 Å². The molecule has 0 aliphatic carbocycles. The first kappa shape index (κ1) is 12.4. The summed E-state index contributed by atoms with van der Waals surface area (Å²) in [6, 6.07) is 6.97. The van der Waals surface area contributed by atoms with Crippen LogP contribution in [0.25, 0.3) is 0 Å². The summed E-state index contributed by atoms with van der Waals surface area (Å²) in [6.07, 6.45) is 1.53. The number of pyridine rings is 1. The molecule has 0 radical (unpaired) electrons. The molecule has 0 aliphatic heterocycles.